The molecular formula is C24H27N5O2. The van der Waals surface area contributed by atoms with Gasteiger partial charge < -0.3 is 9.64 Å². The largest absolute Gasteiger partial charge is 0.457 e. The minimum absolute atomic E-state index is 0.190. The topological polar surface area (TPSA) is 74.4 Å². The maximum absolute atomic E-state index is 12.5. The standard InChI is InChI=1S/C22H21N5O2.C2H6/c23-14-19-15-24-27(17-19)22(28)26-11-9-25(10-12-26)16-18-5-4-8-21(13-18)29-20-6-2-1-3-7-20;1-2/h1-8,13,15,17H,9-12,16H2;1-2H3. The van der Waals surface area contributed by atoms with Gasteiger partial charge in [0.15, 0.2) is 0 Å². The van der Waals surface area contributed by atoms with Crippen molar-refractivity contribution in [1.29, 1.82) is 5.26 Å². The Bertz CT molecular complexity index is 1020. The number of hydrogen-bond donors (Lipinski definition) is 0. The van der Waals surface area contributed by atoms with Gasteiger partial charge in [0.2, 0.25) is 0 Å². The van der Waals surface area contributed by atoms with Crippen molar-refractivity contribution in [3.8, 4) is 17.6 Å². The van der Waals surface area contributed by atoms with Crippen LogP contribution in [0, 0.1) is 11.3 Å². The summed E-state index contributed by atoms with van der Waals surface area (Å²) in [6.07, 6.45) is 2.87. The lowest BCUT2D eigenvalue weighted by molar-refractivity contribution is 0.134. The van der Waals surface area contributed by atoms with Gasteiger partial charge in [-0.15, -0.1) is 0 Å². The highest BCUT2D eigenvalue weighted by atomic mass is 16.5. The number of nitriles is 1. The van der Waals surface area contributed by atoms with Gasteiger partial charge in [-0.1, -0.05) is 44.2 Å². The molecule has 3 aromatic rings. The van der Waals surface area contributed by atoms with E-state index < -0.39 is 0 Å². The molecule has 31 heavy (non-hydrogen) atoms. The molecule has 1 aliphatic heterocycles. The number of ether oxygens (including phenoxy) is 1. The molecule has 0 saturated carbocycles. The first-order valence-corrected chi connectivity index (χ1v) is 10.5. The first kappa shape index (κ1) is 22.1. The highest BCUT2D eigenvalue weighted by Crippen LogP contribution is 2.22. The molecule has 160 valence electrons. The highest BCUT2D eigenvalue weighted by molar-refractivity contribution is 5.76. The first-order valence-electron chi connectivity index (χ1n) is 10.5. The van der Waals surface area contributed by atoms with Gasteiger partial charge in [-0.2, -0.15) is 15.0 Å². The molecule has 1 fully saturated rings. The maximum atomic E-state index is 12.5. The molecule has 2 heterocycles. The number of para-hydroxylation sites is 1. The number of benzene rings is 2. The van der Waals surface area contributed by atoms with Crippen molar-refractivity contribution >= 4 is 6.03 Å². The summed E-state index contributed by atoms with van der Waals surface area (Å²) in [5.41, 5.74) is 1.55. The Kier molecular flexibility index (Phi) is 7.79. The molecule has 7 heteroatoms. The van der Waals surface area contributed by atoms with E-state index in [1.165, 1.54) is 22.6 Å². The quantitative estimate of drug-likeness (QED) is 0.631. The van der Waals surface area contributed by atoms with Crippen molar-refractivity contribution < 1.29 is 9.53 Å². The second-order valence-electron chi connectivity index (χ2n) is 6.89. The van der Waals surface area contributed by atoms with E-state index in [0.29, 0.717) is 18.7 Å². The maximum Gasteiger partial charge on any atom is 0.344 e. The monoisotopic (exact) mass is 417 g/mol. The molecule has 0 bridgehead atoms. The zero-order valence-corrected chi connectivity index (χ0v) is 17.9. The molecular weight excluding hydrogens is 390 g/mol. The lowest BCUT2D eigenvalue weighted by atomic mass is 10.2. The summed E-state index contributed by atoms with van der Waals surface area (Å²) in [5, 5.41) is 12.8. The number of carbonyl (C=O) groups excluding carboxylic acids is 1. The molecule has 0 atom stereocenters. The molecule has 0 spiro atoms. The van der Waals surface area contributed by atoms with E-state index in [1.807, 2.05) is 62.4 Å². The second-order valence-corrected chi connectivity index (χ2v) is 6.89. The first-order chi connectivity index (χ1) is 15.2. The van der Waals surface area contributed by atoms with Gasteiger partial charge in [-0.25, -0.2) is 4.79 Å². The molecule has 0 N–H and O–H groups in total. The number of carbonyl (C=O) groups is 1. The van der Waals surface area contributed by atoms with Gasteiger partial charge in [0.05, 0.1) is 18.0 Å². The fraction of sp³-hybridized carbons (Fsp3) is 0.292. The van der Waals surface area contributed by atoms with Gasteiger partial charge in [-0.05, 0) is 29.8 Å². The van der Waals surface area contributed by atoms with Crippen molar-refractivity contribution in [3.63, 3.8) is 0 Å². The summed E-state index contributed by atoms with van der Waals surface area (Å²) >= 11 is 0. The van der Waals surface area contributed by atoms with E-state index in [1.54, 1.807) is 4.90 Å². The van der Waals surface area contributed by atoms with Gasteiger partial charge in [0, 0.05) is 32.7 Å². The number of amides is 1. The lowest BCUT2D eigenvalue weighted by Gasteiger charge is -2.34. The fourth-order valence-electron chi connectivity index (χ4n) is 3.32. The van der Waals surface area contributed by atoms with Crippen LogP contribution in [0.25, 0.3) is 0 Å². The van der Waals surface area contributed by atoms with E-state index in [0.717, 1.165) is 31.1 Å². The zero-order chi connectivity index (χ0) is 22.1. The Labute approximate surface area is 183 Å². The molecule has 0 unspecified atom stereocenters. The number of aromatic nitrogens is 2. The number of piperazine rings is 1. The molecule has 7 nitrogen and oxygen atoms in total. The molecule has 1 saturated heterocycles. The summed E-state index contributed by atoms with van der Waals surface area (Å²) in [4.78, 5) is 16.6. The van der Waals surface area contributed by atoms with Crippen LogP contribution >= 0.6 is 0 Å². The van der Waals surface area contributed by atoms with Crippen molar-refractivity contribution in [1.82, 2.24) is 19.6 Å². The average molecular weight is 418 g/mol. The predicted octanol–water partition coefficient (Wildman–Crippen LogP) is 4.36. The smallest absolute Gasteiger partial charge is 0.344 e. The van der Waals surface area contributed by atoms with Crippen LogP contribution in [-0.2, 0) is 6.54 Å². The van der Waals surface area contributed by atoms with Gasteiger partial charge in [0.1, 0.15) is 17.6 Å². The Hall–Kier alpha value is -3.63. The van der Waals surface area contributed by atoms with Crippen LogP contribution in [0.4, 0.5) is 4.79 Å². The zero-order valence-electron chi connectivity index (χ0n) is 17.9. The van der Waals surface area contributed by atoms with Gasteiger partial charge >= 0.3 is 6.03 Å². The van der Waals surface area contributed by atoms with Crippen LogP contribution in [0.15, 0.2) is 67.0 Å². The Balaban J connectivity index is 0.00000132. The van der Waals surface area contributed by atoms with Crippen LogP contribution in [0.3, 0.4) is 0 Å². The Morgan fingerprint density at radius 3 is 2.42 bits per heavy atom. The van der Waals surface area contributed by atoms with Crippen molar-refractivity contribution in [2.24, 2.45) is 0 Å². The lowest BCUT2D eigenvalue weighted by Crippen LogP contribution is -2.49. The molecule has 1 amide bonds. The summed E-state index contributed by atoms with van der Waals surface area (Å²) in [6.45, 7) is 7.61. The average Bonchev–Trinajstić information content (AvgIpc) is 3.31. The fourth-order valence-corrected chi connectivity index (χ4v) is 3.32. The molecule has 1 aliphatic rings. The summed E-state index contributed by atoms with van der Waals surface area (Å²) in [6, 6.07) is 19.6. The molecule has 0 radical (unpaired) electrons. The van der Waals surface area contributed by atoms with E-state index in [2.05, 4.69) is 22.1 Å². The van der Waals surface area contributed by atoms with E-state index in [9.17, 15) is 4.79 Å². The third-order valence-corrected chi connectivity index (χ3v) is 4.83. The third-order valence-electron chi connectivity index (χ3n) is 4.83. The molecule has 1 aromatic heterocycles. The van der Waals surface area contributed by atoms with Crippen molar-refractivity contribution in [2.75, 3.05) is 26.2 Å². The van der Waals surface area contributed by atoms with E-state index in [-0.39, 0.29) is 6.03 Å². The van der Waals surface area contributed by atoms with Crippen LogP contribution in [0.1, 0.15) is 25.0 Å². The minimum atomic E-state index is -0.190. The minimum Gasteiger partial charge on any atom is -0.457 e. The summed E-state index contributed by atoms with van der Waals surface area (Å²) in [7, 11) is 0. The van der Waals surface area contributed by atoms with Crippen molar-refractivity contribution in [2.45, 2.75) is 20.4 Å². The van der Waals surface area contributed by atoms with E-state index >= 15 is 0 Å². The SMILES string of the molecule is CC.N#Cc1cnn(C(=O)N2CCN(Cc3cccc(Oc4ccccc4)c3)CC2)c1. The second kappa shape index (κ2) is 11.0. The van der Waals surface area contributed by atoms with Crippen LogP contribution in [0.2, 0.25) is 0 Å². The predicted molar refractivity (Wildman–Crippen MR) is 119 cm³/mol. The van der Waals surface area contributed by atoms with Crippen LogP contribution < -0.4 is 4.74 Å². The third kappa shape index (κ3) is 5.93. The van der Waals surface area contributed by atoms with Crippen LogP contribution in [-0.4, -0.2) is 51.8 Å². The number of nitrogens with zero attached hydrogens (tertiary/aromatic N) is 5. The molecule has 4 rings (SSSR count). The van der Waals surface area contributed by atoms with E-state index in [4.69, 9.17) is 10.00 Å². The Morgan fingerprint density at radius 1 is 1.03 bits per heavy atom. The normalized spacial score (nSPS) is 13.6. The summed E-state index contributed by atoms with van der Waals surface area (Å²) < 4.78 is 7.15. The summed E-state index contributed by atoms with van der Waals surface area (Å²) in [5.74, 6) is 1.63. The molecule has 2 aromatic carbocycles. The van der Waals surface area contributed by atoms with Crippen molar-refractivity contribution in [3.05, 3.63) is 78.1 Å². The number of rotatable bonds is 4. The number of hydrogen-bond acceptors (Lipinski definition) is 5. The van der Waals surface area contributed by atoms with Crippen LogP contribution in [0.5, 0.6) is 11.5 Å². The molecule has 0 aliphatic carbocycles. The Morgan fingerprint density at radius 2 is 1.74 bits per heavy atom. The highest BCUT2D eigenvalue weighted by Gasteiger charge is 2.23. The van der Waals surface area contributed by atoms with Gasteiger partial charge in [0.25, 0.3) is 0 Å². The van der Waals surface area contributed by atoms with Gasteiger partial charge in [-0.3, -0.25) is 4.90 Å².